The van der Waals surface area contributed by atoms with Crippen molar-refractivity contribution in [3.63, 3.8) is 0 Å². The topological polar surface area (TPSA) is 44.5 Å². The molecule has 6 heteroatoms. The van der Waals surface area contributed by atoms with Crippen LogP contribution in [0, 0.1) is 0 Å². The molecule has 0 atom stereocenters. The molecular weight excluding hydrogens is 675 g/mol. The first-order chi connectivity index (χ1) is 21.6. The molecule has 0 amide bonds. The van der Waals surface area contributed by atoms with Crippen molar-refractivity contribution < 1.29 is 25.2 Å². The minimum atomic E-state index is -1.90. The quantitative estimate of drug-likeness (QED) is 0.107. The number of rotatable bonds is 9. The summed E-state index contributed by atoms with van der Waals surface area (Å²) < 4.78 is 14.6. The maximum absolute atomic E-state index is 7.90. The van der Waals surface area contributed by atoms with Gasteiger partial charge in [0, 0.05) is 0 Å². The van der Waals surface area contributed by atoms with Crippen LogP contribution < -0.4 is 28.6 Å². The molecule has 2 saturated carbocycles. The van der Waals surface area contributed by atoms with Gasteiger partial charge in [-0.2, -0.15) is 0 Å². The van der Waals surface area contributed by atoms with Gasteiger partial charge < -0.3 is 0 Å². The van der Waals surface area contributed by atoms with Crippen molar-refractivity contribution in [2.75, 3.05) is 20.0 Å². The van der Waals surface area contributed by atoms with Crippen LogP contribution >= 0.6 is 17.5 Å². The van der Waals surface area contributed by atoms with E-state index in [0.29, 0.717) is 0 Å². The van der Waals surface area contributed by atoms with Crippen molar-refractivity contribution in [1.29, 1.82) is 0 Å². The van der Waals surface area contributed by atoms with Crippen molar-refractivity contribution in [3.8, 4) is 33.8 Å². The number of methoxy groups -OCH3 is 2. The molecule has 44 heavy (non-hydrogen) atoms. The molecule has 0 aromatic heterocycles. The predicted molar refractivity (Wildman–Crippen MR) is 187 cm³/mol. The summed E-state index contributed by atoms with van der Waals surface area (Å²) in [5.74, 6) is 1.71. The monoisotopic (exact) mass is 718 g/mol. The average Bonchev–Trinajstić information content (AvgIpc) is 3.09. The zero-order valence-corrected chi connectivity index (χ0v) is 29.0. The third kappa shape index (κ3) is 6.48. The van der Waals surface area contributed by atoms with E-state index in [1.54, 1.807) is 14.2 Å². The third-order valence-electron chi connectivity index (χ3n) is 9.25. The van der Waals surface area contributed by atoms with Gasteiger partial charge in [-0.1, -0.05) is 0 Å². The van der Waals surface area contributed by atoms with Gasteiger partial charge in [-0.25, -0.2) is 0 Å². The molecule has 0 heterocycles. The fraction of sp³-hybridized carbons (Fsp3) is 0.368. The van der Waals surface area contributed by atoms with E-state index >= 15 is 0 Å². The molecular formula is C38H44ClNO2PPd-. The summed E-state index contributed by atoms with van der Waals surface area (Å²) in [6.07, 6.45) is 13.3. The molecule has 4 aromatic rings. The Bertz CT molecular complexity index is 1530. The van der Waals surface area contributed by atoms with Gasteiger partial charge in [-0.3, -0.25) is 0 Å². The van der Waals surface area contributed by atoms with E-state index in [9.17, 15) is 0 Å². The number of nitrogens with two attached hydrogens (primary N) is 1. The van der Waals surface area contributed by atoms with Crippen molar-refractivity contribution >= 4 is 36.5 Å². The number of hydrogen-bond donors (Lipinski definition) is 1. The predicted octanol–water partition coefficient (Wildman–Crippen LogP) is 9.12. The first-order valence-corrected chi connectivity index (χ1v) is 21.0. The summed E-state index contributed by atoms with van der Waals surface area (Å²) in [6, 6.07) is 29.9. The van der Waals surface area contributed by atoms with Crippen LogP contribution in [0.15, 0.2) is 84.9 Å². The van der Waals surface area contributed by atoms with Gasteiger partial charge in [0.2, 0.25) is 0 Å². The Kier molecular flexibility index (Phi) is 10.7. The summed E-state index contributed by atoms with van der Waals surface area (Å²) in [5.41, 5.74) is 13.3. The van der Waals surface area contributed by atoms with Crippen LogP contribution in [0.5, 0.6) is 11.5 Å². The van der Waals surface area contributed by atoms with Crippen molar-refractivity contribution in [2.24, 2.45) is 0 Å². The molecule has 2 aliphatic carbocycles. The Hall–Kier alpha value is -2.34. The zero-order valence-electron chi connectivity index (χ0n) is 25.8. The van der Waals surface area contributed by atoms with E-state index in [1.165, 1.54) is 83.1 Å². The van der Waals surface area contributed by atoms with E-state index in [4.69, 9.17) is 24.7 Å². The number of benzene rings is 4. The summed E-state index contributed by atoms with van der Waals surface area (Å²) in [7, 11) is 11.0. The second-order valence-corrected chi connectivity index (χ2v) is 18.7. The average molecular weight is 720 g/mol. The number of nitrogen functional groups attached to an aromatic ring is 1. The van der Waals surface area contributed by atoms with E-state index in [0.717, 1.165) is 45.2 Å². The molecule has 0 saturated heterocycles. The van der Waals surface area contributed by atoms with Gasteiger partial charge in [0.15, 0.2) is 0 Å². The Labute approximate surface area is 274 Å². The van der Waals surface area contributed by atoms with Gasteiger partial charge >= 0.3 is 276 Å². The Balaban J connectivity index is 1.61. The molecule has 0 bridgehead atoms. The van der Waals surface area contributed by atoms with Crippen LogP contribution in [0.1, 0.15) is 64.2 Å². The molecule has 0 unspecified atom stereocenters. The summed E-state index contributed by atoms with van der Waals surface area (Å²) in [5, 5.41) is 1.51. The van der Waals surface area contributed by atoms with Crippen LogP contribution in [0.4, 0.5) is 5.69 Å². The molecule has 3 nitrogen and oxygen atoms in total. The molecule has 2 N–H and O–H groups in total. The number of anilines is 1. The molecule has 0 spiro atoms. The molecule has 6 rings (SSSR count). The van der Waals surface area contributed by atoms with Crippen molar-refractivity contribution in [2.45, 2.75) is 75.5 Å². The van der Waals surface area contributed by atoms with Crippen molar-refractivity contribution in [1.82, 2.24) is 0 Å². The van der Waals surface area contributed by atoms with E-state index < -0.39 is 23.7 Å². The molecule has 2 aliphatic rings. The van der Waals surface area contributed by atoms with Crippen molar-refractivity contribution in [3.05, 3.63) is 84.9 Å². The number of ether oxygens (including phenoxy) is 2. The molecule has 4 aromatic carbocycles. The second-order valence-electron chi connectivity index (χ2n) is 11.9. The van der Waals surface area contributed by atoms with Gasteiger partial charge in [0.25, 0.3) is 0 Å². The van der Waals surface area contributed by atoms with Gasteiger partial charge in [0.1, 0.15) is 0 Å². The third-order valence-corrected chi connectivity index (χ3v) is 17.5. The van der Waals surface area contributed by atoms with Gasteiger partial charge in [-0.05, 0) is 0 Å². The first kappa shape index (κ1) is 31.6. The first-order valence-electron chi connectivity index (χ1n) is 16.0. The Morgan fingerprint density at radius 3 is 1.70 bits per heavy atom. The molecule has 0 aliphatic heterocycles. The summed E-state index contributed by atoms with van der Waals surface area (Å²) in [6.45, 7) is 0. The van der Waals surface area contributed by atoms with Gasteiger partial charge in [0.05, 0.1) is 0 Å². The standard InChI is InChI=1S/C26H34O2P.C12H10N.ClH.Pd/c1-27-23-17-11-18-24(28-2)26(23)22-16-9-10-19-25(22)29(20-12-5-3-6-13-20)21-14-7-4-8-15-21;13-12-9-5-4-8-11(12)10-6-2-1-3-7-10;;/h9-11,16-18,20-21H,3-8,12-15H2,1-2H3;1-6,8-9H,13H2;1H;/p-1. The second kappa shape index (κ2) is 14.8. The summed E-state index contributed by atoms with van der Waals surface area (Å²) in [4.78, 5) is 0. The van der Waals surface area contributed by atoms with E-state index in [2.05, 4.69) is 66.7 Å². The van der Waals surface area contributed by atoms with Crippen LogP contribution in [-0.4, -0.2) is 25.5 Å². The Morgan fingerprint density at radius 1 is 0.614 bits per heavy atom. The van der Waals surface area contributed by atoms with E-state index in [-0.39, 0.29) is 0 Å². The minimum absolute atomic E-state index is 0.476. The zero-order chi connectivity index (χ0) is 30.5. The Morgan fingerprint density at radius 2 is 1.11 bits per heavy atom. The molecule has 0 radical (unpaired) electrons. The SMILES string of the molecule is COc1cccc(OC)c1-c1ccc[c]([Pd-]([Cl])[c]2ccccc2-c2ccccc2N)c1P(C1CCCCC1)C1CCCCC1. The molecule has 2 fully saturated rings. The van der Waals surface area contributed by atoms with Gasteiger partial charge in [-0.15, -0.1) is 0 Å². The van der Waals surface area contributed by atoms with Crippen LogP contribution in [0.2, 0.25) is 0 Å². The number of hydrogen-bond acceptors (Lipinski definition) is 3. The fourth-order valence-electron chi connectivity index (χ4n) is 7.18. The van der Waals surface area contributed by atoms with Crippen LogP contribution in [0.3, 0.4) is 0 Å². The number of para-hydroxylation sites is 1. The van der Waals surface area contributed by atoms with Crippen LogP contribution in [-0.2, 0) is 15.7 Å². The molecule has 236 valence electrons. The summed E-state index contributed by atoms with van der Waals surface area (Å²) >= 11 is -1.90. The normalized spacial score (nSPS) is 16.6. The maximum atomic E-state index is 7.90. The van der Waals surface area contributed by atoms with Crippen LogP contribution in [0.25, 0.3) is 22.3 Å². The number of halogens is 1. The fourth-order valence-corrected chi connectivity index (χ4v) is 16.0. The van der Waals surface area contributed by atoms with E-state index in [1.807, 2.05) is 18.2 Å².